The lowest BCUT2D eigenvalue weighted by Gasteiger charge is -2.16. The van der Waals surface area contributed by atoms with Crippen molar-refractivity contribution in [3.63, 3.8) is 0 Å². The van der Waals surface area contributed by atoms with Crippen molar-refractivity contribution in [2.45, 2.75) is 13.8 Å². The maximum atomic E-state index is 13.1. The van der Waals surface area contributed by atoms with E-state index < -0.39 is 23.6 Å². The van der Waals surface area contributed by atoms with Crippen molar-refractivity contribution in [2.24, 2.45) is 11.8 Å². The summed E-state index contributed by atoms with van der Waals surface area (Å²) in [6, 6.07) is 3.82. The van der Waals surface area contributed by atoms with Gasteiger partial charge in [0.2, 0.25) is 0 Å². The molecule has 104 valence electrons. The molecule has 0 saturated heterocycles. The van der Waals surface area contributed by atoms with Gasteiger partial charge in [0.1, 0.15) is 5.82 Å². The molecule has 1 unspecified atom stereocenters. The van der Waals surface area contributed by atoms with Crippen LogP contribution in [0.15, 0.2) is 22.7 Å². The maximum Gasteiger partial charge on any atom is 0.308 e. The Labute approximate surface area is 119 Å². The second-order valence-electron chi connectivity index (χ2n) is 4.56. The Morgan fingerprint density at radius 3 is 2.47 bits per heavy atom. The van der Waals surface area contributed by atoms with Gasteiger partial charge in [-0.15, -0.1) is 0 Å². The van der Waals surface area contributed by atoms with Gasteiger partial charge in [-0.2, -0.15) is 0 Å². The third-order valence-electron chi connectivity index (χ3n) is 2.73. The Bertz CT molecular complexity index is 471. The largest absolute Gasteiger partial charge is 0.481 e. The lowest BCUT2D eigenvalue weighted by Crippen LogP contribution is -2.35. The molecule has 1 aromatic carbocycles. The van der Waals surface area contributed by atoms with Crippen LogP contribution in [0, 0.1) is 17.7 Å². The quantitative estimate of drug-likeness (QED) is 0.871. The average molecular weight is 332 g/mol. The van der Waals surface area contributed by atoms with E-state index in [1.807, 2.05) is 0 Å². The maximum absolute atomic E-state index is 13.1. The first-order valence-corrected chi connectivity index (χ1v) is 6.57. The predicted octanol–water partition coefficient (Wildman–Crippen LogP) is 2.67. The number of carboxylic acids is 1. The summed E-state index contributed by atoms with van der Waals surface area (Å²) in [7, 11) is 0. The number of carboxylic acid groups (broad SMARTS) is 1. The molecule has 0 heterocycles. The van der Waals surface area contributed by atoms with Crippen LogP contribution in [0.1, 0.15) is 24.2 Å². The van der Waals surface area contributed by atoms with E-state index in [0.29, 0.717) is 4.47 Å². The molecule has 0 bridgehead atoms. The zero-order valence-electron chi connectivity index (χ0n) is 10.6. The minimum atomic E-state index is -0.962. The molecular weight excluding hydrogens is 317 g/mol. The van der Waals surface area contributed by atoms with Crippen LogP contribution in [-0.4, -0.2) is 23.5 Å². The summed E-state index contributed by atoms with van der Waals surface area (Å²) in [5.41, 5.74) is 0.153. The smallest absolute Gasteiger partial charge is 0.308 e. The topological polar surface area (TPSA) is 66.4 Å². The predicted molar refractivity (Wildman–Crippen MR) is 72.4 cm³/mol. The first-order chi connectivity index (χ1) is 8.81. The molecule has 0 radical (unpaired) electrons. The lowest BCUT2D eigenvalue weighted by atomic mass is 9.96. The summed E-state index contributed by atoms with van der Waals surface area (Å²) in [4.78, 5) is 22.8. The van der Waals surface area contributed by atoms with Crippen LogP contribution in [-0.2, 0) is 4.79 Å². The number of nitrogens with one attached hydrogen (secondary N) is 1. The average Bonchev–Trinajstić information content (AvgIpc) is 2.26. The summed E-state index contributed by atoms with van der Waals surface area (Å²) >= 11 is 3.09. The minimum Gasteiger partial charge on any atom is -0.481 e. The summed E-state index contributed by atoms with van der Waals surface area (Å²) < 4.78 is 13.6. The summed E-state index contributed by atoms with van der Waals surface area (Å²) in [6.07, 6.45) is 0. The molecule has 0 spiro atoms. The Morgan fingerprint density at radius 1 is 1.37 bits per heavy atom. The van der Waals surface area contributed by atoms with E-state index in [0.717, 1.165) is 6.07 Å². The number of halogens is 2. The van der Waals surface area contributed by atoms with Crippen molar-refractivity contribution in [2.75, 3.05) is 6.54 Å². The second-order valence-corrected chi connectivity index (χ2v) is 5.47. The molecule has 1 amide bonds. The fourth-order valence-electron chi connectivity index (χ4n) is 1.60. The SMILES string of the molecule is CC(C)C(CNC(=O)c1cc(F)cc(Br)c1)C(=O)O. The fraction of sp³-hybridized carbons (Fsp3) is 0.385. The summed E-state index contributed by atoms with van der Waals surface area (Å²) in [6.45, 7) is 3.55. The van der Waals surface area contributed by atoms with Crippen molar-refractivity contribution >= 4 is 27.8 Å². The second kappa shape index (κ2) is 6.65. The van der Waals surface area contributed by atoms with Gasteiger partial charge in [-0.25, -0.2) is 4.39 Å². The van der Waals surface area contributed by atoms with Crippen LogP contribution in [0.4, 0.5) is 4.39 Å². The molecule has 0 aliphatic heterocycles. The van der Waals surface area contributed by atoms with Crippen molar-refractivity contribution in [1.29, 1.82) is 0 Å². The Hall–Kier alpha value is -1.43. The summed E-state index contributed by atoms with van der Waals surface area (Å²) in [5.74, 6) is -2.75. The van der Waals surface area contributed by atoms with E-state index in [9.17, 15) is 14.0 Å². The molecule has 0 aliphatic carbocycles. The molecule has 19 heavy (non-hydrogen) atoms. The molecule has 0 fully saturated rings. The molecule has 0 saturated carbocycles. The first kappa shape index (κ1) is 15.6. The normalized spacial score (nSPS) is 12.3. The minimum absolute atomic E-state index is 0.0139. The first-order valence-electron chi connectivity index (χ1n) is 5.78. The van der Waals surface area contributed by atoms with Gasteiger partial charge in [-0.05, 0) is 24.1 Å². The van der Waals surface area contributed by atoms with Gasteiger partial charge < -0.3 is 10.4 Å². The van der Waals surface area contributed by atoms with Crippen LogP contribution >= 0.6 is 15.9 Å². The van der Waals surface area contributed by atoms with Crippen LogP contribution in [0.25, 0.3) is 0 Å². The van der Waals surface area contributed by atoms with Crippen molar-refractivity contribution in [1.82, 2.24) is 5.32 Å². The van der Waals surface area contributed by atoms with E-state index in [2.05, 4.69) is 21.2 Å². The highest BCUT2D eigenvalue weighted by Crippen LogP contribution is 2.15. The number of aliphatic carboxylic acids is 1. The third kappa shape index (κ3) is 4.63. The number of amides is 1. The van der Waals surface area contributed by atoms with Gasteiger partial charge >= 0.3 is 5.97 Å². The fourth-order valence-corrected chi connectivity index (χ4v) is 2.06. The van der Waals surface area contributed by atoms with E-state index in [-0.39, 0.29) is 18.0 Å². The zero-order chi connectivity index (χ0) is 14.6. The highest BCUT2D eigenvalue weighted by molar-refractivity contribution is 9.10. The van der Waals surface area contributed by atoms with E-state index in [1.54, 1.807) is 13.8 Å². The number of benzene rings is 1. The molecule has 1 aromatic rings. The van der Waals surface area contributed by atoms with Crippen LogP contribution in [0.2, 0.25) is 0 Å². The van der Waals surface area contributed by atoms with E-state index >= 15 is 0 Å². The van der Waals surface area contributed by atoms with Crippen molar-refractivity contribution < 1.29 is 19.1 Å². The molecule has 0 aliphatic rings. The van der Waals surface area contributed by atoms with E-state index in [1.165, 1.54) is 12.1 Å². The van der Waals surface area contributed by atoms with Gasteiger partial charge in [0.25, 0.3) is 5.91 Å². The highest BCUT2D eigenvalue weighted by Gasteiger charge is 2.22. The number of hydrogen-bond donors (Lipinski definition) is 2. The third-order valence-corrected chi connectivity index (χ3v) is 3.19. The Kier molecular flexibility index (Phi) is 5.47. The van der Waals surface area contributed by atoms with Crippen molar-refractivity contribution in [3.05, 3.63) is 34.1 Å². The van der Waals surface area contributed by atoms with Crippen LogP contribution in [0.3, 0.4) is 0 Å². The van der Waals surface area contributed by atoms with Crippen LogP contribution < -0.4 is 5.32 Å². The van der Waals surface area contributed by atoms with Gasteiger partial charge in [0.05, 0.1) is 5.92 Å². The number of carbonyl (C=O) groups is 2. The van der Waals surface area contributed by atoms with Gasteiger partial charge in [-0.3, -0.25) is 9.59 Å². The number of hydrogen-bond acceptors (Lipinski definition) is 2. The van der Waals surface area contributed by atoms with Gasteiger partial charge in [-0.1, -0.05) is 29.8 Å². The lowest BCUT2D eigenvalue weighted by molar-refractivity contribution is -0.142. The molecule has 4 nitrogen and oxygen atoms in total. The highest BCUT2D eigenvalue weighted by atomic mass is 79.9. The summed E-state index contributed by atoms with van der Waals surface area (Å²) in [5, 5.41) is 11.5. The number of carbonyl (C=O) groups excluding carboxylic acids is 1. The van der Waals surface area contributed by atoms with Gasteiger partial charge in [0, 0.05) is 16.6 Å². The van der Waals surface area contributed by atoms with Crippen LogP contribution in [0.5, 0.6) is 0 Å². The number of rotatable bonds is 5. The van der Waals surface area contributed by atoms with Gasteiger partial charge in [0.15, 0.2) is 0 Å². The Balaban J connectivity index is 2.72. The molecule has 0 aromatic heterocycles. The molecule has 1 atom stereocenters. The molecule has 1 rings (SSSR count). The zero-order valence-corrected chi connectivity index (χ0v) is 12.2. The Morgan fingerprint density at radius 2 is 2.00 bits per heavy atom. The molecule has 2 N–H and O–H groups in total. The van der Waals surface area contributed by atoms with E-state index in [4.69, 9.17) is 5.11 Å². The standard InChI is InChI=1S/C13H15BrFNO3/c1-7(2)11(13(18)19)6-16-12(17)8-3-9(14)5-10(15)4-8/h3-5,7,11H,6H2,1-2H3,(H,16,17)(H,18,19). The molecular formula is C13H15BrFNO3. The van der Waals surface area contributed by atoms with Crippen molar-refractivity contribution in [3.8, 4) is 0 Å². The monoisotopic (exact) mass is 331 g/mol. The molecule has 6 heteroatoms.